The Bertz CT molecular complexity index is 668. The molecule has 2 aromatic rings. The summed E-state index contributed by atoms with van der Waals surface area (Å²) in [7, 11) is -3.50. The number of H-pyrrole nitrogens is 1. The number of benzene rings is 1. The number of nitrogens with zero attached hydrogens (tertiary/aromatic N) is 1. The molecule has 6 nitrogen and oxygen atoms in total. The minimum absolute atomic E-state index is 0.0497. The summed E-state index contributed by atoms with van der Waals surface area (Å²) in [5.41, 5.74) is 1.54. The van der Waals surface area contributed by atoms with Gasteiger partial charge >= 0.3 is 0 Å². The van der Waals surface area contributed by atoms with Crippen molar-refractivity contribution < 1.29 is 8.42 Å². The second-order valence-corrected chi connectivity index (χ2v) is 6.53. The van der Waals surface area contributed by atoms with Gasteiger partial charge in [0, 0.05) is 18.3 Å². The van der Waals surface area contributed by atoms with Crippen LogP contribution in [-0.4, -0.2) is 25.2 Å². The Balaban J connectivity index is 2.25. The average molecular weight is 308 g/mol. The number of para-hydroxylation sites is 1. The zero-order valence-corrected chi connectivity index (χ0v) is 12.9. The smallest absolute Gasteiger partial charge is 0.242 e. The first-order chi connectivity index (χ1) is 10.0. The molecule has 114 valence electrons. The second kappa shape index (κ2) is 6.73. The number of aromatic amines is 1. The van der Waals surface area contributed by atoms with Crippen molar-refractivity contribution in [2.75, 3.05) is 11.9 Å². The molecule has 0 radical (unpaired) electrons. The van der Waals surface area contributed by atoms with Crippen LogP contribution in [-0.2, 0) is 10.0 Å². The fourth-order valence-electron chi connectivity index (χ4n) is 1.95. The van der Waals surface area contributed by atoms with Crippen molar-refractivity contribution in [1.29, 1.82) is 0 Å². The van der Waals surface area contributed by atoms with Gasteiger partial charge < -0.3 is 5.32 Å². The highest BCUT2D eigenvalue weighted by Crippen LogP contribution is 2.25. The summed E-state index contributed by atoms with van der Waals surface area (Å²) in [6.07, 6.45) is 4.24. The van der Waals surface area contributed by atoms with Crippen LogP contribution in [0.2, 0.25) is 0 Å². The van der Waals surface area contributed by atoms with Gasteiger partial charge in [-0.2, -0.15) is 5.10 Å². The Morgan fingerprint density at radius 2 is 2.10 bits per heavy atom. The van der Waals surface area contributed by atoms with Gasteiger partial charge in [0.15, 0.2) is 0 Å². The highest BCUT2D eigenvalue weighted by molar-refractivity contribution is 7.89. The normalized spacial score (nSPS) is 13.0. The van der Waals surface area contributed by atoms with Crippen LogP contribution in [0.5, 0.6) is 0 Å². The number of anilines is 1. The van der Waals surface area contributed by atoms with Crippen LogP contribution in [0, 0.1) is 0 Å². The molecular weight excluding hydrogens is 288 g/mol. The quantitative estimate of drug-likeness (QED) is 0.732. The average Bonchev–Trinajstić information content (AvgIpc) is 3.00. The lowest BCUT2D eigenvalue weighted by molar-refractivity contribution is 0.581. The van der Waals surface area contributed by atoms with E-state index in [0.29, 0.717) is 12.2 Å². The third-order valence-corrected chi connectivity index (χ3v) is 4.63. The maximum absolute atomic E-state index is 12.3. The molecule has 1 atom stereocenters. The molecular formula is C14H20N4O2S. The molecule has 1 unspecified atom stereocenters. The van der Waals surface area contributed by atoms with E-state index >= 15 is 0 Å². The van der Waals surface area contributed by atoms with Crippen molar-refractivity contribution in [1.82, 2.24) is 14.9 Å². The van der Waals surface area contributed by atoms with Crippen molar-refractivity contribution in [2.24, 2.45) is 0 Å². The van der Waals surface area contributed by atoms with Gasteiger partial charge in [-0.15, -0.1) is 0 Å². The van der Waals surface area contributed by atoms with E-state index in [2.05, 4.69) is 20.2 Å². The van der Waals surface area contributed by atoms with Crippen LogP contribution in [0.1, 0.15) is 31.9 Å². The van der Waals surface area contributed by atoms with E-state index in [1.54, 1.807) is 30.6 Å². The summed E-state index contributed by atoms with van der Waals surface area (Å²) < 4.78 is 27.2. The number of rotatable bonds is 7. The molecule has 0 aliphatic rings. The van der Waals surface area contributed by atoms with Crippen molar-refractivity contribution >= 4 is 15.7 Å². The number of nitrogens with one attached hydrogen (secondary N) is 3. The summed E-state index contributed by atoms with van der Waals surface area (Å²) in [6.45, 7) is 4.30. The van der Waals surface area contributed by atoms with E-state index < -0.39 is 10.0 Å². The van der Waals surface area contributed by atoms with E-state index in [9.17, 15) is 8.42 Å². The Morgan fingerprint density at radius 1 is 1.33 bits per heavy atom. The lowest BCUT2D eigenvalue weighted by atomic mass is 10.2. The zero-order chi connectivity index (χ0) is 15.3. The first-order valence-electron chi connectivity index (χ1n) is 6.88. The van der Waals surface area contributed by atoms with Crippen LogP contribution in [0.25, 0.3) is 0 Å². The first-order valence-corrected chi connectivity index (χ1v) is 8.37. The highest BCUT2D eigenvalue weighted by Gasteiger charge is 2.18. The lowest BCUT2D eigenvalue weighted by Gasteiger charge is -2.17. The molecule has 0 amide bonds. The molecule has 1 heterocycles. The fraction of sp³-hybridized carbons (Fsp3) is 0.357. The van der Waals surface area contributed by atoms with Gasteiger partial charge in [0.05, 0.1) is 17.9 Å². The minimum Gasteiger partial charge on any atom is -0.377 e. The molecule has 0 saturated carbocycles. The van der Waals surface area contributed by atoms with Crippen LogP contribution < -0.4 is 10.0 Å². The molecule has 1 aromatic heterocycles. The molecule has 21 heavy (non-hydrogen) atoms. The Morgan fingerprint density at radius 3 is 2.76 bits per heavy atom. The number of sulfonamides is 1. The van der Waals surface area contributed by atoms with E-state index in [1.165, 1.54) is 0 Å². The lowest BCUT2D eigenvalue weighted by Crippen LogP contribution is -2.25. The molecule has 3 N–H and O–H groups in total. The number of aromatic nitrogens is 2. The number of hydrogen-bond acceptors (Lipinski definition) is 4. The van der Waals surface area contributed by atoms with Gasteiger partial charge in [0.25, 0.3) is 0 Å². The Hall–Kier alpha value is -1.86. The predicted octanol–water partition coefficient (Wildman–Crippen LogP) is 2.27. The van der Waals surface area contributed by atoms with Gasteiger partial charge in [-0.1, -0.05) is 19.1 Å². The highest BCUT2D eigenvalue weighted by atomic mass is 32.2. The maximum atomic E-state index is 12.3. The molecule has 0 saturated heterocycles. The monoisotopic (exact) mass is 308 g/mol. The van der Waals surface area contributed by atoms with E-state index in [4.69, 9.17) is 0 Å². The largest absolute Gasteiger partial charge is 0.377 e. The molecule has 1 aromatic carbocycles. The van der Waals surface area contributed by atoms with Crippen LogP contribution in [0.4, 0.5) is 5.69 Å². The molecule has 0 aliphatic heterocycles. The summed E-state index contributed by atoms with van der Waals surface area (Å²) in [4.78, 5) is 0.258. The third kappa shape index (κ3) is 3.83. The van der Waals surface area contributed by atoms with Gasteiger partial charge in [0.1, 0.15) is 4.90 Å². The van der Waals surface area contributed by atoms with Crippen LogP contribution >= 0.6 is 0 Å². The van der Waals surface area contributed by atoms with Crippen molar-refractivity contribution in [3.8, 4) is 0 Å². The molecule has 0 aliphatic carbocycles. The molecule has 0 spiro atoms. The summed E-state index contributed by atoms with van der Waals surface area (Å²) >= 11 is 0. The van der Waals surface area contributed by atoms with Crippen LogP contribution in [0.3, 0.4) is 0 Å². The van der Waals surface area contributed by atoms with E-state index in [0.717, 1.165) is 12.0 Å². The van der Waals surface area contributed by atoms with Crippen molar-refractivity contribution in [3.63, 3.8) is 0 Å². The zero-order valence-electron chi connectivity index (χ0n) is 12.1. The first kappa shape index (κ1) is 15.5. The Kier molecular flexibility index (Phi) is 4.98. The summed E-state index contributed by atoms with van der Waals surface area (Å²) in [5.74, 6) is 0. The van der Waals surface area contributed by atoms with Gasteiger partial charge in [-0.3, -0.25) is 5.10 Å². The van der Waals surface area contributed by atoms with E-state index in [1.807, 2.05) is 19.9 Å². The van der Waals surface area contributed by atoms with Gasteiger partial charge in [-0.25, -0.2) is 13.1 Å². The SMILES string of the molecule is CCCNS(=O)(=O)c1ccccc1NC(C)c1cn[nH]c1. The summed E-state index contributed by atoms with van der Waals surface area (Å²) in [5, 5.41) is 9.87. The van der Waals surface area contributed by atoms with Crippen molar-refractivity contribution in [2.45, 2.75) is 31.2 Å². The number of hydrogen-bond donors (Lipinski definition) is 3. The minimum atomic E-state index is -3.50. The predicted molar refractivity (Wildman–Crippen MR) is 82.5 cm³/mol. The molecule has 2 rings (SSSR count). The summed E-state index contributed by atoms with van der Waals surface area (Å²) in [6, 6.07) is 6.84. The fourth-order valence-corrected chi connectivity index (χ4v) is 3.25. The molecule has 7 heteroatoms. The third-order valence-electron chi connectivity index (χ3n) is 3.11. The maximum Gasteiger partial charge on any atom is 0.242 e. The second-order valence-electron chi connectivity index (χ2n) is 4.79. The van der Waals surface area contributed by atoms with Gasteiger partial charge in [-0.05, 0) is 25.5 Å². The standard InChI is InChI=1S/C14H20N4O2S/c1-3-8-17-21(19,20)14-7-5-4-6-13(14)18-11(2)12-9-15-16-10-12/h4-7,9-11,17-18H,3,8H2,1-2H3,(H,15,16). The van der Waals surface area contributed by atoms with Crippen LogP contribution in [0.15, 0.2) is 41.6 Å². The van der Waals surface area contributed by atoms with Gasteiger partial charge in [0.2, 0.25) is 10.0 Å². The topological polar surface area (TPSA) is 86.9 Å². The van der Waals surface area contributed by atoms with Crippen molar-refractivity contribution in [3.05, 3.63) is 42.2 Å². The van der Waals surface area contributed by atoms with E-state index in [-0.39, 0.29) is 10.9 Å². The molecule has 0 bridgehead atoms. The molecule has 0 fully saturated rings. The Labute approximate surface area is 125 Å².